The summed E-state index contributed by atoms with van der Waals surface area (Å²) in [6, 6.07) is 17.1. The minimum absolute atomic E-state index is 0.0191. The smallest absolute Gasteiger partial charge is 0.334 e. The highest BCUT2D eigenvalue weighted by Crippen LogP contribution is 2.24. The van der Waals surface area contributed by atoms with Crippen molar-refractivity contribution in [1.29, 1.82) is 0 Å². The van der Waals surface area contributed by atoms with E-state index < -0.39 is 42.4 Å². The molecule has 4 amide bonds. The van der Waals surface area contributed by atoms with Gasteiger partial charge in [0.05, 0.1) is 19.5 Å². The minimum atomic E-state index is -1.31. The van der Waals surface area contributed by atoms with E-state index in [1.165, 1.54) is 19.8 Å². The Kier molecular flexibility index (Phi) is 10.1. The summed E-state index contributed by atoms with van der Waals surface area (Å²) in [5.74, 6) is 0.192. The van der Waals surface area contributed by atoms with Crippen LogP contribution in [0.1, 0.15) is 37.3 Å². The van der Waals surface area contributed by atoms with Crippen LogP contribution in [0.5, 0.6) is 0 Å². The van der Waals surface area contributed by atoms with Crippen molar-refractivity contribution in [2.45, 2.75) is 44.9 Å². The summed E-state index contributed by atoms with van der Waals surface area (Å²) in [6.45, 7) is 3.81. The first-order valence-corrected chi connectivity index (χ1v) is 12.8. The van der Waals surface area contributed by atoms with Gasteiger partial charge in [-0.05, 0) is 24.0 Å². The Hall–Kier alpha value is -4.36. The van der Waals surface area contributed by atoms with Gasteiger partial charge in [-0.15, -0.1) is 6.42 Å². The molecule has 39 heavy (non-hydrogen) atoms. The fourth-order valence-corrected chi connectivity index (χ4v) is 4.81. The first-order chi connectivity index (χ1) is 18.6. The standard InChI is InChI=1S/C29H35N5O5/c1-5-16-32-20-26(35)33(22(3)34(32)29(39)30-18-23-12-8-6-9-13-23)25(17-27(36)37)28(38)31(4)19-21(2)24-14-10-7-11-15-24/h1,6-15,21-22,25H,16-20H2,2-4H3,(H,30,39)(H,36,37)/t21?,22-,25-/m0/s1. The molecular weight excluding hydrogens is 498 g/mol. The molecule has 0 radical (unpaired) electrons. The number of terminal acetylenes is 1. The lowest BCUT2D eigenvalue weighted by Gasteiger charge is -2.49. The van der Waals surface area contributed by atoms with Gasteiger partial charge in [0, 0.05) is 20.1 Å². The quantitative estimate of drug-likeness (QED) is 0.454. The number of nitrogens with one attached hydrogen (secondary N) is 1. The molecule has 3 atom stereocenters. The van der Waals surface area contributed by atoms with Crippen molar-refractivity contribution < 1.29 is 24.3 Å². The third-order valence-electron chi connectivity index (χ3n) is 6.72. The molecule has 2 N–H and O–H groups in total. The summed E-state index contributed by atoms with van der Waals surface area (Å²) in [4.78, 5) is 54.8. The Labute approximate surface area is 229 Å². The summed E-state index contributed by atoms with van der Waals surface area (Å²) >= 11 is 0. The molecule has 0 saturated carbocycles. The third kappa shape index (κ3) is 7.36. The van der Waals surface area contributed by atoms with Crippen molar-refractivity contribution in [2.24, 2.45) is 0 Å². The fourth-order valence-electron chi connectivity index (χ4n) is 4.81. The van der Waals surface area contributed by atoms with Crippen LogP contribution in [-0.4, -0.2) is 87.6 Å². The predicted molar refractivity (Wildman–Crippen MR) is 146 cm³/mol. The van der Waals surface area contributed by atoms with Gasteiger partial charge in [0.15, 0.2) is 0 Å². The van der Waals surface area contributed by atoms with Crippen molar-refractivity contribution >= 4 is 23.8 Å². The molecule has 0 bridgehead atoms. The van der Waals surface area contributed by atoms with Gasteiger partial charge in [0.25, 0.3) is 0 Å². The van der Waals surface area contributed by atoms with Crippen LogP contribution in [-0.2, 0) is 20.9 Å². The number of hydrogen-bond acceptors (Lipinski definition) is 5. The highest BCUT2D eigenvalue weighted by Gasteiger charge is 2.45. The molecule has 10 heteroatoms. The Bertz CT molecular complexity index is 1200. The van der Waals surface area contributed by atoms with Crippen molar-refractivity contribution in [3.8, 4) is 12.3 Å². The molecular formula is C29H35N5O5. The number of hydrazine groups is 1. The molecule has 206 valence electrons. The van der Waals surface area contributed by atoms with Gasteiger partial charge in [0.1, 0.15) is 12.2 Å². The van der Waals surface area contributed by atoms with Crippen molar-refractivity contribution in [3.63, 3.8) is 0 Å². The number of urea groups is 1. The number of hydrogen-bond donors (Lipinski definition) is 2. The van der Waals surface area contributed by atoms with E-state index in [9.17, 15) is 24.3 Å². The van der Waals surface area contributed by atoms with Gasteiger partial charge < -0.3 is 20.2 Å². The summed E-state index contributed by atoms with van der Waals surface area (Å²) in [7, 11) is 1.59. The molecule has 1 heterocycles. The molecule has 2 aromatic rings. The predicted octanol–water partition coefficient (Wildman–Crippen LogP) is 2.34. The average Bonchev–Trinajstić information content (AvgIpc) is 2.91. The normalized spacial score (nSPS) is 17.2. The number of rotatable bonds is 10. The number of carbonyl (C=O) groups is 4. The minimum Gasteiger partial charge on any atom is -0.481 e. The van der Waals surface area contributed by atoms with Crippen LogP contribution in [0, 0.1) is 12.3 Å². The van der Waals surface area contributed by atoms with E-state index in [1.807, 2.05) is 67.6 Å². The Morgan fingerprint density at radius 1 is 1.13 bits per heavy atom. The van der Waals surface area contributed by atoms with Crippen LogP contribution < -0.4 is 5.32 Å². The second kappa shape index (κ2) is 13.4. The van der Waals surface area contributed by atoms with Gasteiger partial charge in [-0.2, -0.15) is 5.01 Å². The highest BCUT2D eigenvalue weighted by atomic mass is 16.4. The first kappa shape index (κ1) is 29.2. The van der Waals surface area contributed by atoms with Gasteiger partial charge >= 0.3 is 12.0 Å². The van der Waals surface area contributed by atoms with Crippen molar-refractivity contribution in [1.82, 2.24) is 25.1 Å². The molecule has 1 unspecified atom stereocenters. The number of nitrogens with zero attached hydrogens (tertiary/aromatic N) is 4. The number of carboxylic acid groups (broad SMARTS) is 1. The van der Waals surface area contributed by atoms with E-state index >= 15 is 0 Å². The van der Waals surface area contributed by atoms with Gasteiger partial charge in [-0.1, -0.05) is 73.5 Å². The number of benzene rings is 2. The third-order valence-corrected chi connectivity index (χ3v) is 6.72. The van der Waals surface area contributed by atoms with Crippen molar-refractivity contribution in [2.75, 3.05) is 26.7 Å². The van der Waals surface area contributed by atoms with Crippen molar-refractivity contribution in [3.05, 3.63) is 71.8 Å². The maximum atomic E-state index is 13.6. The zero-order valence-corrected chi connectivity index (χ0v) is 22.5. The van der Waals surface area contributed by atoms with E-state index in [4.69, 9.17) is 6.42 Å². The number of aliphatic carboxylic acids is 1. The van der Waals surface area contributed by atoms with E-state index in [0.29, 0.717) is 6.54 Å². The van der Waals surface area contributed by atoms with Crippen LogP contribution in [0.25, 0.3) is 0 Å². The molecule has 3 rings (SSSR count). The van der Waals surface area contributed by atoms with Gasteiger partial charge in [0.2, 0.25) is 11.8 Å². The van der Waals surface area contributed by atoms with Crippen LogP contribution in [0.15, 0.2) is 60.7 Å². The van der Waals surface area contributed by atoms with Gasteiger partial charge in [-0.25, -0.2) is 9.80 Å². The lowest BCUT2D eigenvalue weighted by Crippen LogP contribution is -2.70. The van der Waals surface area contributed by atoms with Crippen LogP contribution >= 0.6 is 0 Å². The monoisotopic (exact) mass is 533 g/mol. The van der Waals surface area contributed by atoms with Gasteiger partial charge in [-0.3, -0.25) is 14.4 Å². The van der Waals surface area contributed by atoms with E-state index in [-0.39, 0.29) is 25.6 Å². The zero-order valence-electron chi connectivity index (χ0n) is 22.5. The fraction of sp³-hybridized carbons (Fsp3) is 0.379. The zero-order chi connectivity index (χ0) is 28.5. The second-order valence-corrected chi connectivity index (χ2v) is 9.59. The topological polar surface area (TPSA) is 114 Å². The summed E-state index contributed by atoms with van der Waals surface area (Å²) in [5, 5.41) is 15.2. The number of likely N-dealkylation sites (N-methyl/N-ethyl adjacent to an activating group) is 1. The number of carbonyl (C=O) groups excluding carboxylic acids is 3. The maximum absolute atomic E-state index is 13.6. The lowest BCUT2D eigenvalue weighted by molar-refractivity contribution is -0.175. The lowest BCUT2D eigenvalue weighted by atomic mass is 10.00. The summed E-state index contributed by atoms with van der Waals surface area (Å²) in [6.07, 6.45) is 3.93. The molecule has 2 aromatic carbocycles. The molecule has 0 aliphatic carbocycles. The molecule has 1 aliphatic rings. The second-order valence-electron chi connectivity index (χ2n) is 9.59. The van der Waals surface area contributed by atoms with E-state index in [0.717, 1.165) is 11.1 Å². The largest absolute Gasteiger partial charge is 0.481 e. The van der Waals surface area contributed by atoms with Crippen LogP contribution in [0.2, 0.25) is 0 Å². The molecule has 0 aromatic heterocycles. The van der Waals surface area contributed by atoms with Crippen LogP contribution in [0.4, 0.5) is 4.79 Å². The molecule has 10 nitrogen and oxygen atoms in total. The Balaban J connectivity index is 1.84. The SMILES string of the molecule is C#CCN1CC(=O)N([C@@H](CC(=O)O)C(=O)N(C)CC(C)c2ccccc2)[C@H](C)N1C(=O)NCc1ccccc1. The first-order valence-electron chi connectivity index (χ1n) is 12.8. The average molecular weight is 534 g/mol. The summed E-state index contributed by atoms with van der Waals surface area (Å²) in [5.41, 5.74) is 1.90. The van der Waals surface area contributed by atoms with Crippen LogP contribution in [0.3, 0.4) is 0 Å². The van der Waals surface area contributed by atoms with E-state index in [2.05, 4.69) is 11.2 Å². The molecule has 0 spiro atoms. The summed E-state index contributed by atoms with van der Waals surface area (Å²) < 4.78 is 0. The Morgan fingerprint density at radius 2 is 1.74 bits per heavy atom. The molecule has 1 saturated heterocycles. The van der Waals surface area contributed by atoms with E-state index in [1.54, 1.807) is 14.0 Å². The molecule has 1 aliphatic heterocycles. The Morgan fingerprint density at radius 3 is 2.33 bits per heavy atom. The highest BCUT2D eigenvalue weighted by molar-refractivity contribution is 5.92. The maximum Gasteiger partial charge on any atom is 0.334 e. The number of amides is 4. The number of carboxylic acids is 1. The molecule has 1 fully saturated rings.